The molecule has 0 amide bonds. The molecule has 30 heavy (non-hydrogen) atoms. The van der Waals surface area contributed by atoms with Crippen LogP contribution in [0.4, 0.5) is 0 Å². The van der Waals surface area contributed by atoms with Crippen LogP contribution in [-0.2, 0) is 14.1 Å². The Bertz CT molecular complexity index is 632. The SMILES string of the molecule is CC(C)c1cc[n+](C)cc1.CN1CC[N+](C)(C)CC1.Cc1cccc[n+]1C.[CH3-].[CH3-].[CH3-]. The van der Waals surface area contributed by atoms with Crippen LogP contribution in [-0.4, -0.2) is 56.7 Å². The van der Waals surface area contributed by atoms with Gasteiger partial charge >= 0.3 is 0 Å². The monoisotopic (exact) mass is 418 g/mol. The Morgan fingerprint density at radius 2 is 1.37 bits per heavy atom. The van der Waals surface area contributed by atoms with Crippen LogP contribution in [0.15, 0.2) is 48.9 Å². The molecule has 0 atom stereocenters. The summed E-state index contributed by atoms with van der Waals surface area (Å²) in [5, 5.41) is 0. The number of pyridine rings is 2. The van der Waals surface area contributed by atoms with E-state index in [0.717, 1.165) is 0 Å². The van der Waals surface area contributed by atoms with Crippen molar-refractivity contribution < 1.29 is 13.6 Å². The molecule has 4 heteroatoms. The summed E-state index contributed by atoms with van der Waals surface area (Å²) in [5.41, 5.74) is 2.69. The van der Waals surface area contributed by atoms with E-state index in [1.165, 1.54) is 41.9 Å². The summed E-state index contributed by atoms with van der Waals surface area (Å²) in [7, 11) is 10.9. The summed E-state index contributed by atoms with van der Waals surface area (Å²) in [4.78, 5) is 2.39. The van der Waals surface area contributed by atoms with Crippen LogP contribution >= 0.6 is 0 Å². The van der Waals surface area contributed by atoms with E-state index in [1.807, 2.05) is 37.0 Å². The van der Waals surface area contributed by atoms with Gasteiger partial charge in [-0.15, -0.1) is 0 Å². The van der Waals surface area contributed by atoms with Gasteiger partial charge in [0.1, 0.15) is 14.1 Å². The molecule has 2 aromatic rings. The molecule has 3 rings (SSSR count). The molecule has 0 unspecified atom stereocenters. The predicted octanol–water partition coefficient (Wildman–Crippen LogP) is 3.81. The van der Waals surface area contributed by atoms with E-state index >= 15 is 0 Å². The summed E-state index contributed by atoms with van der Waals surface area (Å²) < 4.78 is 5.33. The van der Waals surface area contributed by atoms with Crippen LogP contribution in [0.1, 0.15) is 31.0 Å². The first-order valence-electron chi connectivity index (χ1n) is 9.98. The Morgan fingerprint density at radius 1 is 0.867 bits per heavy atom. The van der Waals surface area contributed by atoms with E-state index in [4.69, 9.17) is 0 Å². The number of hydrogen-bond acceptors (Lipinski definition) is 1. The molecule has 0 aliphatic carbocycles. The van der Waals surface area contributed by atoms with E-state index in [2.05, 4.69) is 82.0 Å². The summed E-state index contributed by atoms with van der Waals surface area (Å²) in [6, 6.07) is 10.5. The van der Waals surface area contributed by atoms with Crippen LogP contribution in [0, 0.1) is 29.2 Å². The topological polar surface area (TPSA) is 11.0 Å². The molecule has 174 valence electrons. The van der Waals surface area contributed by atoms with Gasteiger partial charge < -0.3 is 26.8 Å². The molecule has 1 fully saturated rings. The zero-order chi connectivity index (χ0) is 20.4. The molecule has 1 aliphatic rings. The average Bonchev–Trinajstić information content (AvgIpc) is 2.62. The van der Waals surface area contributed by atoms with Crippen LogP contribution in [0.2, 0.25) is 0 Å². The fraction of sp³-hybridized carbons (Fsp3) is 0.500. The molecule has 0 saturated carbocycles. The lowest BCUT2D eigenvalue weighted by Gasteiger charge is -2.37. The molecule has 3 heterocycles. The molecule has 0 radical (unpaired) electrons. The Morgan fingerprint density at radius 3 is 1.70 bits per heavy atom. The largest absolute Gasteiger partial charge is 0.358 e. The molecule has 4 nitrogen and oxygen atoms in total. The van der Waals surface area contributed by atoms with Gasteiger partial charge in [0.05, 0.1) is 27.2 Å². The molecule has 0 N–H and O–H groups in total. The predicted molar refractivity (Wildman–Crippen MR) is 133 cm³/mol. The first kappa shape index (κ1) is 32.9. The second kappa shape index (κ2) is 16.0. The quantitative estimate of drug-likeness (QED) is 0.389. The summed E-state index contributed by atoms with van der Waals surface area (Å²) >= 11 is 0. The zero-order valence-corrected chi connectivity index (χ0v) is 21.8. The summed E-state index contributed by atoms with van der Waals surface area (Å²) in [6.07, 6.45) is 6.19. The molecular formula is C26H50N4. The molecule has 1 aliphatic heterocycles. The highest BCUT2D eigenvalue weighted by molar-refractivity contribution is 5.11. The van der Waals surface area contributed by atoms with Crippen LogP contribution in [0.3, 0.4) is 0 Å². The Kier molecular flexibility index (Phi) is 17.5. The lowest BCUT2D eigenvalue weighted by Crippen LogP contribution is -2.53. The van der Waals surface area contributed by atoms with Gasteiger partial charge in [0.25, 0.3) is 0 Å². The van der Waals surface area contributed by atoms with Crippen molar-refractivity contribution in [2.75, 3.05) is 47.3 Å². The van der Waals surface area contributed by atoms with Gasteiger partial charge in [-0.1, -0.05) is 19.9 Å². The Labute approximate surface area is 189 Å². The van der Waals surface area contributed by atoms with Gasteiger partial charge in [-0.3, -0.25) is 4.90 Å². The number of rotatable bonds is 1. The van der Waals surface area contributed by atoms with Gasteiger partial charge in [-0.25, -0.2) is 9.13 Å². The zero-order valence-electron chi connectivity index (χ0n) is 21.8. The maximum atomic E-state index is 2.39. The van der Waals surface area contributed by atoms with E-state index in [-0.39, 0.29) is 22.3 Å². The van der Waals surface area contributed by atoms with Crippen LogP contribution < -0.4 is 9.13 Å². The van der Waals surface area contributed by atoms with Crippen molar-refractivity contribution in [3.63, 3.8) is 0 Å². The number of likely N-dealkylation sites (N-methyl/N-ethyl adjacent to an activating group) is 2. The molecule has 0 bridgehead atoms. The van der Waals surface area contributed by atoms with Crippen LogP contribution in [0.5, 0.6) is 0 Å². The fourth-order valence-corrected chi connectivity index (χ4v) is 2.61. The van der Waals surface area contributed by atoms with Gasteiger partial charge in [-0.05, 0) is 18.5 Å². The Balaban J connectivity index is -0.000000349. The van der Waals surface area contributed by atoms with Crippen molar-refractivity contribution in [3.8, 4) is 0 Å². The van der Waals surface area contributed by atoms with Crippen molar-refractivity contribution in [2.45, 2.75) is 26.7 Å². The second-order valence-electron chi connectivity index (χ2n) is 8.59. The highest BCUT2D eigenvalue weighted by atomic mass is 15.4. The third-order valence-corrected chi connectivity index (χ3v) is 5.16. The number of hydrogen-bond donors (Lipinski definition) is 0. The molecule has 1 saturated heterocycles. The molecule has 0 aromatic carbocycles. The minimum atomic E-state index is 0. The van der Waals surface area contributed by atoms with Crippen molar-refractivity contribution >= 4 is 0 Å². The van der Waals surface area contributed by atoms with E-state index in [0.29, 0.717) is 5.92 Å². The fourth-order valence-electron chi connectivity index (χ4n) is 2.61. The third kappa shape index (κ3) is 13.4. The number of piperazine rings is 1. The number of nitrogens with zero attached hydrogens (tertiary/aromatic N) is 4. The third-order valence-electron chi connectivity index (χ3n) is 5.16. The number of aromatic nitrogens is 2. The maximum absolute atomic E-state index is 2.39. The molecular weight excluding hydrogens is 368 g/mol. The lowest BCUT2D eigenvalue weighted by atomic mass is 10.1. The van der Waals surface area contributed by atoms with E-state index in [1.54, 1.807) is 0 Å². The van der Waals surface area contributed by atoms with E-state index < -0.39 is 0 Å². The standard InChI is InChI=1S/C9H14N.C7H17N2.C7H10N.3CH3/c1-8(2)9-4-6-10(3)7-5-9;1-8-4-6-9(2,3)7-5-8;1-7-5-3-4-6-8(7)2;;;/h4-8H,1-3H3;4-7H2,1-3H3;3-6H,1-2H3;3*1H3/q3*+1;3*-1. The number of quaternary nitrogens is 1. The summed E-state index contributed by atoms with van der Waals surface area (Å²) in [5.74, 6) is 0.640. The Hall–Kier alpha value is -1.78. The van der Waals surface area contributed by atoms with Gasteiger partial charge in [0.15, 0.2) is 24.3 Å². The van der Waals surface area contributed by atoms with Gasteiger partial charge in [0, 0.05) is 44.3 Å². The number of aryl methyl sites for hydroxylation is 3. The normalized spacial score (nSPS) is 14.4. The summed E-state index contributed by atoms with van der Waals surface area (Å²) in [6.45, 7) is 11.6. The molecule has 0 spiro atoms. The van der Waals surface area contributed by atoms with Crippen molar-refractivity contribution in [1.82, 2.24) is 4.90 Å². The first-order chi connectivity index (χ1) is 12.6. The highest BCUT2D eigenvalue weighted by Crippen LogP contribution is 2.10. The van der Waals surface area contributed by atoms with Gasteiger partial charge in [-0.2, -0.15) is 0 Å². The molecule has 2 aromatic heterocycles. The van der Waals surface area contributed by atoms with E-state index in [9.17, 15) is 0 Å². The smallest absolute Gasteiger partial charge is 0.177 e. The van der Waals surface area contributed by atoms with Crippen LogP contribution in [0.25, 0.3) is 0 Å². The first-order valence-corrected chi connectivity index (χ1v) is 9.98. The average molecular weight is 419 g/mol. The highest BCUT2D eigenvalue weighted by Gasteiger charge is 2.21. The van der Waals surface area contributed by atoms with Crippen molar-refractivity contribution in [3.05, 3.63) is 82.5 Å². The maximum Gasteiger partial charge on any atom is 0.177 e. The lowest BCUT2D eigenvalue weighted by molar-refractivity contribution is -0.894. The minimum absolute atomic E-state index is 0. The van der Waals surface area contributed by atoms with Crippen molar-refractivity contribution in [1.29, 1.82) is 0 Å². The van der Waals surface area contributed by atoms with Crippen molar-refractivity contribution in [2.24, 2.45) is 14.1 Å². The second-order valence-corrected chi connectivity index (χ2v) is 8.59. The van der Waals surface area contributed by atoms with Gasteiger partial charge in [0.2, 0.25) is 0 Å². The minimum Gasteiger partial charge on any atom is -0.358 e.